The molecule has 1 aromatic carbocycles. The number of nitrogens with zero attached hydrogens (tertiary/aromatic N) is 2. The maximum atomic E-state index is 13.3. The lowest BCUT2D eigenvalue weighted by atomic mass is 9.73. The van der Waals surface area contributed by atoms with Crippen LogP contribution in [-0.2, 0) is 16.1 Å². The molecule has 5 heteroatoms. The molecule has 3 fully saturated rings. The van der Waals surface area contributed by atoms with Crippen LogP contribution in [0.4, 0.5) is 0 Å². The highest BCUT2D eigenvalue weighted by atomic mass is 16.2. The average molecular weight is 398 g/mol. The predicted octanol–water partition coefficient (Wildman–Crippen LogP) is 3.32. The van der Waals surface area contributed by atoms with Crippen molar-refractivity contribution in [3.8, 4) is 0 Å². The van der Waals surface area contributed by atoms with Gasteiger partial charge in [0.15, 0.2) is 0 Å². The average Bonchev–Trinajstić information content (AvgIpc) is 3.57. The molecule has 0 aromatic heterocycles. The van der Waals surface area contributed by atoms with Gasteiger partial charge in [0, 0.05) is 37.1 Å². The summed E-state index contributed by atoms with van der Waals surface area (Å²) in [5, 5.41) is 0. The van der Waals surface area contributed by atoms with E-state index < -0.39 is 0 Å². The maximum Gasteiger partial charge on any atom is 0.227 e. The Kier molecular flexibility index (Phi) is 5.95. The van der Waals surface area contributed by atoms with Gasteiger partial charge in [0.25, 0.3) is 0 Å². The molecule has 3 aliphatic rings. The lowest BCUT2D eigenvalue weighted by molar-refractivity contribution is -0.145. The SMILES string of the molecule is CC1(N)CCCCC1C(=O)N1CCC(C(=O)N(Cc2ccccc2)C2CC2)CC1. The van der Waals surface area contributed by atoms with Crippen molar-refractivity contribution >= 4 is 11.8 Å². The summed E-state index contributed by atoms with van der Waals surface area (Å²) in [4.78, 5) is 30.4. The van der Waals surface area contributed by atoms with Gasteiger partial charge in [-0.15, -0.1) is 0 Å². The van der Waals surface area contributed by atoms with Gasteiger partial charge in [-0.1, -0.05) is 43.2 Å². The first-order valence-electron chi connectivity index (χ1n) is 11.4. The molecule has 2 saturated carbocycles. The highest BCUT2D eigenvalue weighted by Crippen LogP contribution is 2.35. The number of hydrogen-bond acceptors (Lipinski definition) is 3. The highest BCUT2D eigenvalue weighted by Gasteiger charge is 2.42. The molecule has 5 nitrogen and oxygen atoms in total. The predicted molar refractivity (Wildman–Crippen MR) is 114 cm³/mol. The zero-order valence-corrected chi connectivity index (χ0v) is 17.7. The van der Waals surface area contributed by atoms with Gasteiger partial charge in [-0.25, -0.2) is 0 Å². The number of hydrogen-bond donors (Lipinski definition) is 1. The van der Waals surface area contributed by atoms with Crippen LogP contribution in [0.2, 0.25) is 0 Å². The molecule has 0 spiro atoms. The van der Waals surface area contributed by atoms with E-state index in [4.69, 9.17) is 5.73 Å². The normalized spacial score (nSPS) is 28.2. The summed E-state index contributed by atoms with van der Waals surface area (Å²) in [5.41, 5.74) is 7.26. The molecular formula is C24H35N3O2. The van der Waals surface area contributed by atoms with Gasteiger partial charge in [0.2, 0.25) is 11.8 Å². The summed E-state index contributed by atoms with van der Waals surface area (Å²) in [6.45, 7) is 4.11. The van der Waals surface area contributed by atoms with Crippen LogP contribution in [0.3, 0.4) is 0 Å². The molecule has 1 heterocycles. The summed E-state index contributed by atoms with van der Waals surface area (Å²) in [5.74, 6) is 0.470. The lowest BCUT2D eigenvalue weighted by Crippen LogP contribution is -2.55. The van der Waals surface area contributed by atoms with Crippen molar-refractivity contribution in [2.75, 3.05) is 13.1 Å². The fourth-order valence-electron chi connectivity index (χ4n) is 5.12. The van der Waals surface area contributed by atoms with Crippen LogP contribution in [0.25, 0.3) is 0 Å². The Morgan fingerprint density at radius 2 is 1.76 bits per heavy atom. The van der Waals surface area contributed by atoms with Gasteiger partial charge in [-0.05, 0) is 51.0 Å². The van der Waals surface area contributed by atoms with Crippen molar-refractivity contribution in [1.82, 2.24) is 9.80 Å². The third-order valence-electron chi connectivity index (χ3n) is 7.17. The van der Waals surface area contributed by atoms with Gasteiger partial charge in [-0.3, -0.25) is 9.59 Å². The molecule has 0 radical (unpaired) electrons. The third kappa shape index (κ3) is 4.66. The van der Waals surface area contributed by atoms with E-state index in [-0.39, 0.29) is 29.2 Å². The first kappa shape index (κ1) is 20.4. The molecule has 4 rings (SSSR count). The number of carbonyl (C=O) groups excluding carboxylic acids is 2. The van der Waals surface area contributed by atoms with Gasteiger partial charge >= 0.3 is 0 Å². The zero-order chi connectivity index (χ0) is 20.4. The van der Waals surface area contributed by atoms with Gasteiger partial charge in [0.1, 0.15) is 0 Å². The van der Waals surface area contributed by atoms with Crippen molar-refractivity contribution in [2.45, 2.75) is 76.4 Å². The third-order valence-corrected chi connectivity index (χ3v) is 7.17. The monoisotopic (exact) mass is 397 g/mol. The highest BCUT2D eigenvalue weighted by molar-refractivity contribution is 5.82. The number of carbonyl (C=O) groups is 2. The summed E-state index contributed by atoms with van der Waals surface area (Å²) < 4.78 is 0. The van der Waals surface area contributed by atoms with Crippen LogP contribution < -0.4 is 5.73 Å². The quantitative estimate of drug-likeness (QED) is 0.829. The van der Waals surface area contributed by atoms with E-state index in [1.165, 1.54) is 5.56 Å². The first-order valence-corrected chi connectivity index (χ1v) is 11.4. The van der Waals surface area contributed by atoms with Gasteiger partial charge < -0.3 is 15.5 Å². The molecule has 2 unspecified atom stereocenters. The topological polar surface area (TPSA) is 66.6 Å². The second-order valence-corrected chi connectivity index (χ2v) is 9.59. The molecule has 2 atom stereocenters. The Morgan fingerprint density at radius 3 is 2.38 bits per heavy atom. The molecular weight excluding hydrogens is 362 g/mol. The van der Waals surface area contributed by atoms with Crippen LogP contribution >= 0.6 is 0 Å². The minimum Gasteiger partial charge on any atom is -0.342 e. The Morgan fingerprint density at radius 1 is 1.07 bits per heavy atom. The van der Waals surface area contributed by atoms with E-state index >= 15 is 0 Å². The maximum absolute atomic E-state index is 13.3. The summed E-state index contributed by atoms with van der Waals surface area (Å²) in [6.07, 6.45) is 7.82. The number of amides is 2. The Hall–Kier alpha value is -1.88. The van der Waals surface area contributed by atoms with E-state index in [0.29, 0.717) is 25.7 Å². The molecule has 1 aromatic rings. The number of likely N-dealkylation sites (tertiary alicyclic amines) is 1. The van der Waals surface area contributed by atoms with E-state index in [1.807, 2.05) is 30.0 Å². The summed E-state index contributed by atoms with van der Waals surface area (Å²) in [7, 11) is 0. The number of rotatable bonds is 5. The zero-order valence-electron chi connectivity index (χ0n) is 17.7. The number of benzene rings is 1. The second-order valence-electron chi connectivity index (χ2n) is 9.59. The van der Waals surface area contributed by atoms with Gasteiger partial charge in [0.05, 0.1) is 5.92 Å². The van der Waals surface area contributed by atoms with E-state index in [9.17, 15) is 9.59 Å². The molecule has 29 heavy (non-hydrogen) atoms. The molecule has 1 aliphatic heterocycles. The Labute approximate surface area is 174 Å². The molecule has 2 amide bonds. The Bertz CT molecular complexity index is 721. The van der Waals surface area contributed by atoms with Crippen molar-refractivity contribution < 1.29 is 9.59 Å². The molecule has 2 N–H and O–H groups in total. The van der Waals surface area contributed by atoms with Crippen LogP contribution in [0, 0.1) is 11.8 Å². The molecule has 158 valence electrons. The lowest BCUT2D eigenvalue weighted by Gasteiger charge is -2.42. The van der Waals surface area contributed by atoms with Crippen LogP contribution in [-0.4, -0.2) is 46.3 Å². The number of piperidine rings is 1. The van der Waals surface area contributed by atoms with Crippen molar-refractivity contribution in [3.05, 3.63) is 35.9 Å². The van der Waals surface area contributed by atoms with Gasteiger partial charge in [-0.2, -0.15) is 0 Å². The van der Waals surface area contributed by atoms with E-state index in [0.717, 1.165) is 51.4 Å². The Balaban J connectivity index is 1.34. The minimum absolute atomic E-state index is 0.0407. The van der Waals surface area contributed by atoms with Crippen LogP contribution in [0.15, 0.2) is 30.3 Å². The van der Waals surface area contributed by atoms with Crippen LogP contribution in [0.5, 0.6) is 0 Å². The molecule has 1 saturated heterocycles. The largest absolute Gasteiger partial charge is 0.342 e. The number of nitrogens with two attached hydrogens (primary N) is 1. The fraction of sp³-hybridized carbons (Fsp3) is 0.667. The fourth-order valence-corrected chi connectivity index (χ4v) is 5.12. The van der Waals surface area contributed by atoms with E-state index in [2.05, 4.69) is 17.0 Å². The van der Waals surface area contributed by atoms with Crippen LogP contribution in [0.1, 0.15) is 63.9 Å². The smallest absolute Gasteiger partial charge is 0.227 e. The van der Waals surface area contributed by atoms with Crippen molar-refractivity contribution in [2.24, 2.45) is 17.6 Å². The molecule has 2 aliphatic carbocycles. The molecule has 0 bridgehead atoms. The minimum atomic E-state index is -0.388. The second kappa shape index (κ2) is 8.47. The summed E-state index contributed by atoms with van der Waals surface area (Å²) in [6, 6.07) is 10.7. The van der Waals surface area contributed by atoms with Crippen molar-refractivity contribution in [3.63, 3.8) is 0 Å². The summed E-state index contributed by atoms with van der Waals surface area (Å²) >= 11 is 0. The standard InChI is InChI=1S/C24H35N3O2/c1-24(25)14-6-5-9-21(24)23(29)26-15-12-19(13-16-26)22(28)27(20-10-11-20)17-18-7-3-2-4-8-18/h2-4,7-8,19-21H,5-6,9-17,25H2,1H3. The van der Waals surface area contributed by atoms with E-state index in [1.54, 1.807) is 0 Å². The first-order chi connectivity index (χ1) is 14.0. The van der Waals surface area contributed by atoms with Crippen molar-refractivity contribution in [1.29, 1.82) is 0 Å².